The maximum atomic E-state index is 13.2. The van der Waals surface area contributed by atoms with E-state index >= 15 is 0 Å². The fourth-order valence-electron chi connectivity index (χ4n) is 5.26. The lowest BCUT2D eigenvalue weighted by Crippen LogP contribution is -2.57. The summed E-state index contributed by atoms with van der Waals surface area (Å²) in [5.41, 5.74) is 0.00413. The summed E-state index contributed by atoms with van der Waals surface area (Å²) in [4.78, 5) is 43.8. The topological polar surface area (TPSA) is 131 Å². The molecule has 4 aliphatic rings. The van der Waals surface area contributed by atoms with Gasteiger partial charge in [-0.25, -0.2) is 20.0 Å². The second kappa shape index (κ2) is 6.46. The van der Waals surface area contributed by atoms with Crippen LogP contribution >= 0.6 is 0 Å². The van der Waals surface area contributed by atoms with Gasteiger partial charge in [0.2, 0.25) is 11.9 Å². The minimum absolute atomic E-state index is 0.00890. The summed E-state index contributed by atoms with van der Waals surface area (Å²) in [6, 6.07) is 0. The first-order chi connectivity index (χ1) is 13.4. The van der Waals surface area contributed by atoms with Crippen molar-refractivity contribution in [3.05, 3.63) is 0 Å². The van der Waals surface area contributed by atoms with Crippen LogP contribution in [-0.2, 0) is 9.59 Å². The van der Waals surface area contributed by atoms with Gasteiger partial charge in [-0.1, -0.05) is 13.8 Å². The zero-order valence-corrected chi connectivity index (χ0v) is 16.3. The molecule has 8 heteroatoms. The molecule has 2 atom stereocenters. The van der Waals surface area contributed by atoms with Crippen LogP contribution in [0, 0.1) is 21.6 Å². The Balaban J connectivity index is 1.97. The van der Waals surface area contributed by atoms with Gasteiger partial charge in [-0.3, -0.25) is 20.4 Å². The van der Waals surface area contributed by atoms with Crippen LogP contribution < -0.4 is 0 Å². The largest absolute Gasteiger partial charge is 0.298 e. The summed E-state index contributed by atoms with van der Waals surface area (Å²) in [6.07, 6.45) is 4.55. The number of carbonyl (C=O) groups is 2. The van der Waals surface area contributed by atoms with Crippen molar-refractivity contribution in [1.29, 1.82) is 10.8 Å². The Morgan fingerprint density at radius 2 is 1.18 bits per heavy atom. The third-order valence-corrected chi connectivity index (χ3v) is 6.46. The second-order valence-electron chi connectivity index (χ2n) is 7.76. The van der Waals surface area contributed by atoms with E-state index in [-0.39, 0.29) is 23.5 Å². The second-order valence-corrected chi connectivity index (χ2v) is 7.76. The number of nitrogens with zero attached hydrogens (tertiary/aromatic N) is 4. The molecular formula is C20H24N6O2. The highest BCUT2D eigenvalue weighted by atomic mass is 16.1. The normalized spacial score (nSPS) is 31.5. The summed E-state index contributed by atoms with van der Waals surface area (Å²) >= 11 is 0. The maximum Gasteiger partial charge on any atom is 0.242 e. The van der Waals surface area contributed by atoms with Crippen molar-refractivity contribution < 1.29 is 9.59 Å². The summed E-state index contributed by atoms with van der Waals surface area (Å²) in [7, 11) is 0. The number of Topliss-reactive ketones (excluding diaryl/α,β-unsaturated/α-hetero) is 2. The van der Waals surface area contributed by atoms with E-state index in [0.29, 0.717) is 61.4 Å². The average Bonchev–Trinajstić information content (AvgIpc) is 3.30. The number of carbonyl (C=O) groups excluding carboxylic acids is 2. The van der Waals surface area contributed by atoms with E-state index in [0.717, 1.165) is 12.8 Å². The van der Waals surface area contributed by atoms with E-state index in [9.17, 15) is 9.59 Å². The lowest BCUT2D eigenvalue weighted by molar-refractivity contribution is -0.123. The van der Waals surface area contributed by atoms with E-state index in [1.54, 1.807) is 0 Å². The van der Waals surface area contributed by atoms with E-state index in [4.69, 9.17) is 10.8 Å². The average molecular weight is 380 g/mol. The Bertz CT molecular complexity index is 864. The van der Waals surface area contributed by atoms with Gasteiger partial charge in [-0.15, -0.1) is 0 Å². The molecule has 0 aromatic carbocycles. The smallest absolute Gasteiger partial charge is 0.242 e. The summed E-state index contributed by atoms with van der Waals surface area (Å²) in [5.74, 6) is -0.348. The minimum Gasteiger partial charge on any atom is -0.298 e. The van der Waals surface area contributed by atoms with Crippen molar-refractivity contribution >= 4 is 46.3 Å². The molecule has 146 valence electrons. The molecule has 8 nitrogen and oxygen atoms in total. The highest BCUT2D eigenvalue weighted by Crippen LogP contribution is 2.48. The molecule has 2 heterocycles. The molecule has 2 aliphatic heterocycles. The summed E-state index contributed by atoms with van der Waals surface area (Å²) < 4.78 is 0. The predicted molar refractivity (Wildman–Crippen MR) is 108 cm³/mol. The highest BCUT2D eigenvalue weighted by molar-refractivity contribution is 6.62. The maximum absolute atomic E-state index is 13.2. The van der Waals surface area contributed by atoms with Gasteiger partial charge in [0, 0.05) is 24.3 Å². The van der Waals surface area contributed by atoms with Crippen LogP contribution in [0.15, 0.2) is 20.0 Å². The minimum atomic E-state index is -1.02. The third-order valence-electron chi connectivity index (χ3n) is 6.46. The number of hydrogen-bond acceptors (Lipinski definition) is 4. The Morgan fingerprint density at radius 3 is 1.54 bits per heavy atom. The Labute approximate surface area is 163 Å². The molecule has 2 fully saturated rings. The standard InChI is InChI=1S/C20H24N6O2/c1-3-13(27)19-9-5-7-11(19)23-17(21)25-15(19)16-20(14(28)4-2)10-6-8-12(20)24-18(22)26-16/h21-22H,3-10H2,1-2H3/t19-,20+. The molecule has 0 radical (unpaired) electrons. The molecule has 0 bridgehead atoms. The van der Waals surface area contributed by atoms with Crippen LogP contribution in [0.5, 0.6) is 0 Å². The van der Waals surface area contributed by atoms with Gasteiger partial charge in [0.15, 0.2) is 0 Å². The lowest BCUT2D eigenvalue weighted by Gasteiger charge is -2.39. The number of guanidine groups is 2. The van der Waals surface area contributed by atoms with Crippen molar-refractivity contribution in [2.75, 3.05) is 0 Å². The molecule has 2 aliphatic carbocycles. The molecule has 0 unspecified atom stereocenters. The molecular weight excluding hydrogens is 356 g/mol. The first kappa shape index (κ1) is 18.7. The van der Waals surface area contributed by atoms with Gasteiger partial charge in [-0.05, 0) is 38.5 Å². The Morgan fingerprint density at radius 1 is 0.786 bits per heavy atom. The van der Waals surface area contributed by atoms with Crippen molar-refractivity contribution in [3.63, 3.8) is 0 Å². The van der Waals surface area contributed by atoms with Crippen LogP contribution in [0.4, 0.5) is 0 Å². The van der Waals surface area contributed by atoms with Crippen molar-refractivity contribution in [2.24, 2.45) is 30.8 Å². The first-order valence-electron chi connectivity index (χ1n) is 9.98. The molecule has 0 spiro atoms. The number of nitrogens with one attached hydrogen (secondary N) is 2. The van der Waals surface area contributed by atoms with E-state index in [1.165, 1.54) is 0 Å². The van der Waals surface area contributed by atoms with Crippen molar-refractivity contribution in [1.82, 2.24) is 0 Å². The molecule has 2 saturated carbocycles. The monoisotopic (exact) mass is 380 g/mol. The van der Waals surface area contributed by atoms with E-state index in [2.05, 4.69) is 20.0 Å². The van der Waals surface area contributed by atoms with Crippen LogP contribution in [-0.4, -0.2) is 46.3 Å². The molecule has 0 aromatic heterocycles. The van der Waals surface area contributed by atoms with Gasteiger partial charge < -0.3 is 0 Å². The first-order valence-corrected chi connectivity index (χ1v) is 9.98. The van der Waals surface area contributed by atoms with Gasteiger partial charge >= 0.3 is 0 Å². The lowest BCUT2D eigenvalue weighted by atomic mass is 9.64. The molecule has 4 rings (SSSR count). The van der Waals surface area contributed by atoms with Gasteiger partial charge in [0.05, 0.1) is 11.4 Å². The zero-order valence-electron chi connectivity index (χ0n) is 16.3. The molecule has 28 heavy (non-hydrogen) atoms. The van der Waals surface area contributed by atoms with Crippen LogP contribution in [0.25, 0.3) is 0 Å². The van der Waals surface area contributed by atoms with Crippen LogP contribution in [0.2, 0.25) is 0 Å². The number of ketones is 2. The van der Waals surface area contributed by atoms with E-state index in [1.807, 2.05) is 13.8 Å². The fraction of sp³-hybridized carbons (Fsp3) is 0.600. The number of aliphatic imine (C=N–C) groups is 4. The van der Waals surface area contributed by atoms with Gasteiger partial charge in [0.1, 0.15) is 22.4 Å². The quantitative estimate of drug-likeness (QED) is 0.759. The van der Waals surface area contributed by atoms with Crippen molar-refractivity contribution in [3.8, 4) is 0 Å². The Kier molecular flexibility index (Phi) is 4.32. The third kappa shape index (κ3) is 2.29. The number of fused-ring (bicyclic) bond motifs is 2. The van der Waals surface area contributed by atoms with E-state index < -0.39 is 10.8 Å². The fourth-order valence-corrected chi connectivity index (χ4v) is 5.26. The molecule has 0 saturated heterocycles. The van der Waals surface area contributed by atoms with Gasteiger partial charge in [-0.2, -0.15) is 0 Å². The molecule has 2 N–H and O–H groups in total. The highest BCUT2D eigenvalue weighted by Gasteiger charge is 2.60. The number of rotatable bonds is 5. The van der Waals surface area contributed by atoms with Crippen molar-refractivity contribution in [2.45, 2.75) is 65.2 Å². The number of hydrogen-bond donors (Lipinski definition) is 2. The zero-order chi connectivity index (χ0) is 20.1. The summed E-state index contributed by atoms with van der Waals surface area (Å²) in [5, 5.41) is 16.2. The predicted octanol–water partition coefficient (Wildman–Crippen LogP) is 2.95. The molecule has 0 aromatic rings. The van der Waals surface area contributed by atoms with Crippen LogP contribution in [0.3, 0.4) is 0 Å². The van der Waals surface area contributed by atoms with Crippen LogP contribution in [0.1, 0.15) is 65.2 Å². The van der Waals surface area contributed by atoms with Gasteiger partial charge in [0.25, 0.3) is 0 Å². The summed E-state index contributed by atoms with van der Waals surface area (Å²) in [6.45, 7) is 3.62. The molecule has 0 amide bonds. The SMILES string of the molecule is CCC(=O)[C@@]12CCCC1=NC(=N)N=C2C1=NC(=N)N=C2CCC[C@@]21C(=O)CC. The Hall–Kier alpha value is -2.64.